The van der Waals surface area contributed by atoms with E-state index >= 15 is 0 Å². The van der Waals surface area contributed by atoms with Crippen LogP contribution >= 0.6 is 0 Å². The van der Waals surface area contributed by atoms with Crippen LogP contribution in [-0.2, 0) is 23.4 Å². The molecule has 0 bridgehead atoms. The topological polar surface area (TPSA) is 70.8 Å². The maximum atomic E-state index is 14.7. The highest BCUT2D eigenvalue weighted by molar-refractivity contribution is 6.17. The molecule has 5 aromatic rings. The Morgan fingerprint density at radius 1 is 0.707 bits per heavy atom. The summed E-state index contributed by atoms with van der Waals surface area (Å²) < 4.78 is 47.5. The van der Waals surface area contributed by atoms with Crippen molar-refractivity contribution in [1.29, 1.82) is 0 Å². The third-order valence-electron chi connectivity index (χ3n) is 7.71. The van der Waals surface area contributed by atoms with Crippen molar-refractivity contribution >= 4 is 28.5 Å². The van der Waals surface area contributed by atoms with Crippen molar-refractivity contribution in [2.24, 2.45) is 0 Å². The molecular formula is C32H19F3N2O4. The molecule has 1 atom stereocenters. The van der Waals surface area contributed by atoms with Gasteiger partial charge in [0.05, 0.1) is 23.2 Å². The van der Waals surface area contributed by atoms with E-state index < -0.39 is 40.2 Å². The largest absolute Gasteiger partial charge is 0.450 e. The Kier molecular flexibility index (Phi) is 5.40. The molecule has 7 rings (SSSR count). The minimum absolute atomic E-state index is 0.00387. The van der Waals surface area contributed by atoms with E-state index in [0.29, 0.717) is 22.4 Å². The monoisotopic (exact) mass is 552 g/mol. The zero-order valence-electron chi connectivity index (χ0n) is 21.2. The highest BCUT2D eigenvalue weighted by atomic mass is 19.1. The number of amides is 2. The van der Waals surface area contributed by atoms with E-state index in [1.54, 1.807) is 36.4 Å². The van der Waals surface area contributed by atoms with E-state index in [9.17, 15) is 27.6 Å². The molecule has 0 N–H and O–H groups in total. The average molecular weight is 553 g/mol. The third-order valence-corrected chi connectivity index (χ3v) is 7.71. The van der Waals surface area contributed by atoms with Gasteiger partial charge in [0.1, 0.15) is 23.0 Å². The van der Waals surface area contributed by atoms with Gasteiger partial charge in [0.2, 0.25) is 5.76 Å². The lowest BCUT2D eigenvalue weighted by Crippen LogP contribution is -2.52. The molecule has 0 radical (unpaired) electrons. The lowest BCUT2D eigenvalue weighted by Gasteiger charge is -2.34. The molecule has 0 saturated carbocycles. The SMILES string of the molecule is O=C1c2oc3ccc(F)cc3c(=O)c2C2(C(=O)N(Cc3ccc(F)cc3)c3ccccc32)N1Cc1ccc(F)cc1. The van der Waals surface area contributed by atoms with E-state index in [2.05, 4.69) is 0 Å². The Morgan fingerprint density at radius 3 is 2.00 bits per heavy atom. The zero-order valence-corrected chi connectivity index (χ0v) is 21.2. The molecule has 4 aromatic carbocycles. The molecule has 1 unspecified atom stereocenters. The van der Waals surface area contributed by atoms with Crippen molar-refractivity contribution in [3.63, 3.8) is 0 Å². The molecule has 202 valence electrons. The summed E-state index contributed by atoms with van der Waals surface area (Å²) in [6.45, 7) is -0.128. The number of para-hydroxylation sites is 1. The maximum absolute atomic E-state index is 14.7. The predicted molar refractivity (Wildman–Crippen MR) is 144 cm³/mol. The molecule has 6 nitrogen and oxygen atoms in total. The van der Waals surface area contributed by atoms with Crippen molar-refractivity contribution in [1.82, 2.24) is 4.90 Å². The molecule has 0 aliphatic carbocycles. The molecule has 9 heteroatoms. The van der Waals surface area contributed by atoms with Crippen LogP contribution in [0.1, 0.15) is 32.8 Å². The van der Waals surface area contributed by atoms with Crippen molar-refractivity contribution in [2.45, 2.75) is 18.6 Å². The minimum Gasteiger partial charge on any atom is -0.450 e. The van der Waals surface area contributed by atoms with E-state index in [4.69, 9.17) is 4.42 Å². The van der Waals surface area contributed by atoms with Crippen LogP contribution in [0.2, 0.25) is 0 Å². The number of rotatable bonds is 4. The van der Waals surface area contributed by atoms with E-state index in [1.807, 2.05) is 0 Å². The van der Waals surface area contributed by atoms with E-state index in [-0.39, 0.29) is 35.4 Å². The number of hydrogen-bond donors (Lipinski definition) is 0. The summed E-state index contributed by atoms with van der Waals surface area (Å²) in [6.07, 6.45) is 0. The van der Waals surface area contributed by atoms with Crippen molar-refractivity contribution in [3.05, 3.63) is 147 Å². The van der Waals surface area contributed by atoms with Crippen LogP contribution < -0.4 is 10.3 Å². The van der Waals surface area contributed by atoms with Gasteiger partial charge in [-0.1, -0.05) is 42.5 Å². The van der Waals surface area contributed by atoms with Gasteiger partial charge in [-0.3, -0.25) is 14.4 Å². The summed E-state index contributed by atoms with van der Waals surface area (Å²) in [5, 5.41) is -0.109. The Bertz CT molecular complexity index is 1950. The second kappa shape index (κ2) is 8.92. The summed E-state index contributed by atoms with van der Waals surface area (Å²) in [7, 11) is 0. The molecular weight excluding hydrogens is 533 g/mol. The van der Waals surface area contributed by atoms with Crippen molar-refractivity contribution < 1.29 is 27.2 Å². The second-order valence-corrected chi connectivity index (χ2v) is 10.0. The smallest absolute Gasteiger partial charge is 0.291 e. The summed E-state index contributed by atoms with van der Waals surface area (Å²) in [5.74, 6) is -3.21. The van der Waals surface area contributed by atoms with Gasteiger partial charge < -0.3 is 14.2 Å². The molecule has 2 amide bonds. The van der Waals surface area contributed by atoms with Crippen LogP contribution in [0, 0.1) is 17.5 Å². The van der Waals surface area contributed by atoms with E-state index in [1.165, 1.54) is 52.3 Å². The number of fused-ring (bicyclic) bond motifs is 5. The quantitative estimate of drug-likeness (QED) is 0.289. The lowest BCUT2D eigenvalue weighted by molar-refractivity contribution is -0.126. The van der Waals surface area contributed by atoms with Crippen LogP contribution in [0.5, 0.6) is 0 Å². The highest BCUT2D eigenvalue weighted by Gasteiger charge is 2.65. The summed E-state index contributed by atoms with van der Waals surface area (Å²) >= 11 is 0. The molecule has 3 heterocycles. The fraction of sp³-hybridized carbons (Fsp3) is 0.0938. The van der Waals surface area contributed by atoms with Gasteiger partial charge in [0, 0.05) is 12.1 Å². The van der Waals surface area contributed by atoms with Crippen LogP contribution in [-0.4, -0.2) is 16.7 Å². The molecule has 1 spiro atoms. The van der Waals surface area contributed by atoms with Crippen LogP contribution in [0.25, 0.3) is 11.0 Å². The molecule has 2 aliphatic rings. The number of carbonyl (C=O) groups excluding carboxylic acids is 2. The van der Waals surface area contributed by atoms with Gasteiger partial charge in [0.25, 0.3) is 11.8 Å². The minimum atomic E-state index is -1.95. The van der Waals surface area contributed by atoms with Crippen molar-refractivity contribution in [3.8, 4) is 0 Å². The summed E-state index contributed by atoms with van der Waals surface area (Å²) in [5.41, 5.74) is -0.910. The summed E-state index contributed by atoms with van der Waals surface area (Å²) in [6, 6.07) is 21.3. The van der Waals surface area contributed by atoms with Gasteiger partial charge in [-0.2, -0.15) is 0 Å². The number of anilines is 1. The molecule has 41 heavy (non-hydrogen) atoms. The number of carbonyl (C=O) groups is 2. The average Bonchev–Trinajstić information content (AvgIpc) is 3.36. The molecule has 2 aliphatic heterocycles. The zero-order chi connectivity index (χ0) is 28.5. The van der Waals surface area contributed by atoms with Crippen LogP contribution in [0.3, 0.4) is 0 Å². The van der Waals surface area contributed by atoms with Gasteiger partial charge in [-0.05, 0) is 59.7 Å². The first-order valence-electron chi connectivity index (χ1n) is 12.8. The second-order valence-electron chi connectivity index (χ2n) is 10.0. The third kappa shape index (κ3) is 3.55. The maximum Gasteiger partial charge on any atom is 0.291 e. The number of hydrogen-bond acceptors (Lipinski definition) is 4. The molecule has 0 fully saturated rings. The van der Waals surface area contributed by atoms with Crippen LogP contribution in [0.4, 0.5) is 18.9 Å². The van der Waals surface area contributed by atoms with Gasteiger partial charge in [-0.25, -0.2) is 13.2 Å². The molecule has 1 aromatic heterocycles. The fourth-order valence-corrected chi connectivity index (χ4v) is 5.89. The Labute approximate surface area is 230 Å². The standard InChI is InChI=1S/C32H19F3N2O4/c33-20-9-5-18(6-10-20)16-36-25-4-2-1-3-24(25)32(31(36)40)27-28(38)23-15-22(35)13-14-26(23)41-29(27)30(39)37(32)17-19-7-11-21(34)12-8-19/h1-15H,16-17H2. The number of nitrogens with zero attached hydrogens (tertiary/aromatic N) is 2. The van der Waals surface area contributed by atoms with Gasteiger partial charge in [-0.15, -0.1) is 0 Å². The highest BCUT2D eigenvalue weighted by Crippen LogP contribution is 2.53. The first-order chi connectivity index (χ1) is 19.8. The Balaban J connectivity index is 1.50. The normalized spacial score (nSPS) is 17.5. The number of halogens is 3. The first-order valence-corrected chi connectivity index (χ1v) is 12.8. The Morgan fingerprint density at radius 2 is 1.32 bits per heavy atom. The van der Waals surface area contributed by atoms with Gasteiger partial charge in [0.15, 0.2) is 11.0 Å². The van der Waals surface area contributed by atoms with Gasteiger partial charge >= 0.3 is 0 Å². The van der Waals surface area contributed by atoms with Crippen LogP contribution in [0.15, 0.2) is 100 Å². The predicted octanol–water partition coefficient (Wildman–Crippen LogP) is 5.66. The molecule has 0 saturated heterocycles. The summed E-state index contributed by atoms with van der Waals surface area (Å²) in [4.78, 5) is 45.6. The fourth-order valence-electron chi connectivity index (χ4n) is 5.89. The Hall–Kier alpha value is -5.18. The van der Waals surface area contributed by atoms with E-state index in [0.717, 1.165) is 12.1 Å². The first kappa shape index (κ1) is 24.8. The van der Waals surface area contributed by atoms with Crippen molar-refractivity contribution in [2.75, 3.05) is 4.90 Å². The number of benzene rings is 4. The lowest BCUT2D eigenvalue weighted by atomic mass is 9.83.